The molecule has 4 heteroatoms. The highest BCUT2D eigenvalue weighted by molar-refractivity contribution is 6.40. The van der Waals surface area contributed by atoms with Crippen molar-refractivity contribution in [2.24, 2.45) is 16.6 Å². The van der Waals surface area contributed by atoms with Crippen LogP contribution in [-0.4, -0.2) is 11.8 Å². The van der Waals surface area contributed by atoms with Crippen LogP contribution in [0.3, 0.4) is 0 Å². The lowest BCUT2D eigenvalue weighted by atomic mass is 9.97. The summed E-state index contributed by atoms with van der Waals surface area (Å²) in [5.74, 6) is 0.563. The number of nitrogens with zero attached hydrogens (tertiary/aromatic N) is 1. The highest BCUT2D eigenvalue weighted by atomic mass is 35.5. The Kier molecular flexibility index (Phi) is 2.68. The van der Waals surface area contributed by atoms with Crippen molar-refractivity contribution in [2.45, 2.75) is 12.0 Å². The van der Waals surface area contributed by atoms with Crippen molar-refractivity contribution in [3.63, 3.8) is 0 Å². The third kappa shape index (κ3) is 1.65. The third-order valence-corrected chi connectivity index (χ3v) is 4.78. The monoisotopic (exact) mass is 302 g/mol. The van der Waals surface area contributed by atoms with Crippen molar-refractivity contribution >= 4 is 34.6 Å². The van der Waals surface area contributed by atoms with E-state index in [4.69, 9.17) is 33.9 Å². The summed E-state index contributed by atoms with van der Waals surface area (Å²) in [5.41, 5.74) is 10.2. The summed E-state index contributed by atoms with van der Waals surface area (Å²) in [6.07, 6.45) is 0. The lowest BCUT2D eigenvalue weighted by molar-refractivity contribution is 0.990. The van der Waals surface area contributed by atoms with E-state index >= 15 is 0 Å². The van der Waals surface area contributed by atoms with Crippen molar-refractivity contribution in [1.29, 1.82) is 0 Å². The number of para-hydroxylation sites is 1. The van der Waals surface area contributed by atoms with Crippen LogP contribution in [0.4, 0.5) is 5.69 Å². The van der Waals surface area contributed by atoms with Crippen LogP contribution in [0.15, 0.2) is 47.5 Å². The van der Waals surface area contributed by atoms with Gasteiger partial charge in [0.15, 0.2) is 0 Å². The SMILES string of the molecule is NC1C2C(c3c(Cl)cccc3Cl)=Nc3ccccc3C12. The zero-order valence-corrected chi connectivity index (χ0v) is 12.1. The highest BCUT2D eigenvalue weighted by Crippen LogP contribution is 2.55. The van der Waals surface area contributed by atoms with E-state index in [0.717, 1.165) is 17.0 Å². The smallest absolute Gasteiger partial charge is 0.0669 e. The Bertz CT molecular complexity index is 719. The first-order valence-corrected chi connectivity index (χ1v) is 7.31. The van der Waals surface area contributed by atoms with E-state index in [1.807, 2.05) is 36.4 Å². The molecule has 3 unspecified atom stereocenters. The molecule has 4 rings (SSSR count). The summed E-state index contributed by atoms with van der Waals surface area (Å²) < 4.78 is 0. The lowest BCUT2D eigenvalue weighted by Crippen LogP contribution is -2.13. The van der Waals surface area contributed by atoms with Gasteiger partial charge in [-0.3, -0.25) is 4.99 Å². The first-order valence-electron chi connectivity index (χ1n) is 6.56. The largest absolute Gasteiger partial charge is 0.326 e. The third-order valence-electron chi connectivity index (χ3n) is 4.15. The molecule has 0 aromatic heterocycles. The van der Waals surface area contributed by atoms with Gasteiger partial charge in [0.1, 0.15) is 0 Å². The second-order valence-corrected chi connectivity index (χ2v) is 6.10. The first-order chi connectivity index (χ1) is 9.68. The molecule has 2 N–H and O–H groups in total. The predicted octanol–water partition coefficient (Wildman–Crippen LogP) is 4.17. The lowest BCUT2D eigenvalue weighted by Gasteiger charge is -2.16. The number of nitrogens with two attached hydrogens (primary N) is 1. The Morgan fingerprint density at radius 3 is 2.35 bits per heavy atom. The van der Waals surface area contributed by atoms with Crippen molar-refractivity contribution in [3.05, 3.63) is 63.6 Å². The van der Waals surface area contributed by atoms with Crippen LogP contribution in [0.1, 0.15) is 17.0 Å². The van der Waals surface area contributed by atoms with Gasteiger partial charge in [-0.25, -0.2) is 0 Å². The van der Waals surface area contributed by atoms with Crippen molar-refractivity contribution < 1.29 is 0 Å². The van der Waals surface area contributed by atoms with Crippen LogP contribution in [0, 0.1) is 5.92 Å². The minimum atomic E-state index is 0.102. The van der Waals surface area contributed by atoms with E-state index in [0.29, 0.717) is 16.0 Å². The Hall–Kier alpha value is -1.35. The molecule has 1 saturated carbocycles. The van der Waals surface area contributed by atoms with Gasteiger partial charge in [0.05, 0.1) is 21.4 Å². The van der Waals surface area contributed by atoms with Crippen LogP contribution < -0.4 is 5.73 Å². The topological polar surface area (TPSA) is 38.4 Å². The van der Waals surface area contributed by atoms with Gasteiger partial charge in [-0.05, 0) is 23.8 Å². The fourth-order valence-corrected chi connectivity index (χ4v) is 3.72. The second-order valence-electron chi connectivity index (χ2n) is 5.28. The number of hydrogen-bond acceptors (Lipinski definition) is 2. The molecule has 3 atom stereocenters. The van der Waals surface area contributed by atoms with E-state index < -0.39 is 0 Å². The number of halogens is 2. The average Bonchev–Trinajstić information content (AvgIpc) is 3.11. The zero-order chi connectivity index (χ0) is 13.9. The van der Waals surface area contributed by atoms with Crippen LogP contribution in [0.5, 0.6) is 0 Å². The minimum Gasteiger partial charge on any atom is -0.326 e. The molecule has 1 heterocycles. The Morgan fingerprint density at radius 1 is 0.900 bits per heavy atom. The molecule has 2 aliphatic rings. The Morgan fingerprint density at radius 2 is 1.60 bits per heavy atom. The molecule has 2 aromatic carbocycles. The van der Waals surface area contributed by atoms with Crippen molar-refractivity contribution in [3.8, 4) is 0 Å². The van der Waals surface area contributed by atoms with Crippen LogP contribution in [0.2, 0.25) is 10.0 Å². The molecule has 100 valence electrons. The van der Waals surface area contributed by atoms with Gasteiger partial charge in [-0.1, -0.05) is 47.5 Å². The van der Waals surface area contributed by atoms with Gasteiger partial charge in [0.25, 0.3) is 0 Å². The molecule has 1 fully saturated rings. The van der Waals surface area contributed by atoms with E-state index in [1.54, 1.807) is 0 Å². The number of aliphatic imine (C=N–C) groups is 1. The molecule has 2 nitrogen and oxygen atoms in total. The molecule has 1 aliphatic heterocycles. The van der Waals surface area contributed by atoms with Crippen LogP contribution in [0.25, 0.3) is 0 Å². The molecule has 1 aliphatic carbocycles. The number of hydrogen-bond donors (Lipinski definition) is 1. The molecular weight excluding hydrogens is 291 g/mol. The number of fused-ring (bicyclic) bond motifs is 3. The summed E-state index contributed by atoms with van der Waals surface area (Å²) >= 11 is 12.6. The fraction of sp³-hybridized carbons (Fsp3) is 0.188. The molecule has 2 aromatic rings. The van der Waals surface area contributed by atoms with Crippen molar-refractivity contribution in [2.75, 3.05) is 0 Å². The van der Waals surface area contributed by atoms with E-state index in [1.165, 1.54) is 5.56 Å². The van der Waals surface area contributed by atoms with Gasteiger partial charge in [0, 0.05) is 23.4 Å². The maximum Gasteiger partial charge on any atom is 0.0669 e. The minimum absolute atomic E-state index is 0.102. The van der Waals surface area contributed by atoms with Crippen LogP contribution >= 0.6 is 23.2 Å². The van der Waals surface area contributed by atoms with Gasteiger partial charge < -0.3 is 5.73 Å². The normalized spacial score (nSPS) is 26.6. The maximum atomic E-state index is 6.32. The van der Waals surface area contributed by atoms with E-state index in [9.17, 15) is 0 Å². The summed E-state index contributed by atoms with van der Waals surface area (Å²) in [4.78, 5) is 4.78. The average molecular weight is 303 g/mol. The van der Waals surface area contributed by atoms with E-state index in [2.05, 4.69) is 6.07 Å². The second kappa shape index (κ2) is 4.32. The number of rotatable bonds is 1. The fourth-order valence-electron chi connectivity index (χ4n) is 3.13. The molecule has 0 saturated heterocycles. The predicted molar refractivity (Wildman–Crippen MR) is 83.3 cm³/mol. The molecular formula is C16H12Cl2N2. The van der Waals surface area contributed by atoms with Crippen LogP contribution in [-0.2, 0) is 0 Å². The molecule has 0 radical (unpaired) electrons. The van der Waals surface area contributed by atoms with Gasteiger partial charge in [-0.2, -0.15) is 0 Å². The standard InChI is InChI=1S/C16H12Cl2N2/c17-9-5-3-6-10(18)13(9)16-14-12(15(14)19)8-4-1-2-7-11(8)20-16/h1-7,12,14-15H,19H2. The van der Waals surface area contributed by atoms with Gasteiger partial charge in [0.2, 0.25) is 0 Å². The number of benzene rings is 2. The van der Waals surface area contributed by atoms with Crippen molar-refractivity contribution in [1.82, 2.24) is 0 Å². The Balaban J connectivity index is 1.94. The zero-order valence-electron chi connectivity index (χ0n) is 10.6. The van der Waals surface area contributed by atoms with Gasteiger partial charge in [-0.15, -0.1) is 0 Å². The Labute approximate surface area is 127 Å². The van der Waals surface area contributed by atoms with Gasteiger partial charge >= 0.3 is 0 Å². The molecule has 20 heavy (non-hydrogen) atoms. The van der Waals surface area contributed by atoms with E-state index in [-0.39, 0.29) is 12.0 Å². The molecule has 0 bridgehead atoms. The quantitative estimate of drug-likeness (QED) is 0.843. The first kappa shape index (κ1) is 12.4. The highest BCUT2D eigenvalue weighted by Gasteiger charge is 2.55. The summed E-state index contributed by atoms with van der Waals surface area (Å²) in [5, 5.41) is 1.27. The summed E-state index contributed by atoms with van der Waals surface area (Å²) in [6, 6.07) is 13.8. The molecule has 0 amide bonds. The molecule has 0 spiro atoms. The maximum absolute atomic E-state index is 6.32. The summed E-state index contributed by atoms with van der Waals surface area (Å²) in [6.45, 7) is 0. The summed E-state index contributed by atoms with van der Waals surface area (Å²) in [7, 11) is 0.